The fourth-order valence-electron chi connectivity index (χ4n) is 9.85. The van der Waals surface area contributed by atoms with E-state index < -0.39 is 25.7 Å². The van der Waals surface area contributed by atoms with Crippen LogP contribution in [0.4, 0.5) is 17.1 Å². The van der Waals surface area contributed by atoms with Crippen LogP contribution in [0.2, 0.25) is 18.6 Å². The Kier molecular flexibility index (Phi) is 11.7. The molecule has 61 heavy (non-hydrogen) atoms. The molecule has 3 heterocycles. The van der Waals surface area contributed by atoms with Crippen LogP contribution in [0.3, 0.4) is 0 Å². The molecule has 2 fully saturated rings. The molecule has 12 heteroatoms. The van der Waals surface area contributed by atoms with Crippen LogP contribution in [0.25, 0.3) is 0 Å². The van der Waals surface area contributed by atoms with E-state index in [0.717, 1.165) is 29.3 Å². The number of hydrogen-bond donors (Lipinski definition) is 3. The Morgan fingerprint density at radius 2 is 1.44 bits per heavy atom. The van der Waals surface area contributed by atoms with Crippen LogP contribution >= 0.6 is 0 Å². The lowest BCUT2D eigenvalue weighted by atomic mass is 9.82. The molecule has 0 aliphatic carbocycles. The molecule has 5 aromatic rings. The molecule has 2 saturated heterocycles. The van der Waals surface area contributed by atoms with Crippen molar-refractivity contribution in [2.45, 2.75) is 69.1 Å². The Hall–Kier alpha value is -6.08. The number of aliphatic hydroxyl groups is 1. The van der Waals surface area contributed by atoms with Crippen molar-refractivity contribution in [3.8, 4) is 5.75 Å². The third kappa shape index (κ3) is 7.87. The first-order chi connectivity index (χ1) is 29.4. The van der Waals surface area contributed by atoms with E-state index in [4.69, 9.17) is 9.47 Å². The van der Waals surface area contributed by atoms with Gasteiger partial charge in [0.25, 0.3) is 17.7 Å². The highest BCUT2D eigenvalue weighted by atomic mass is 28.3. The summed E-state index contributed by atoms with van der Waals surface area (Å²) in [5.74, 6) is -0.495. The first kappa shape index (κ1) is 41.6. The summed E-state index contributed by atoms with van der Waals surface area (Å²) in [6, 6.07) is 38.7. The second kappa shape index (κ2) is 17.1. The molecule has 3 aliphatic heterocycles. The molecular weight excluding hydrogens is 785 g/mol. The maximum Gasteiger partial charge on any atom is 0.264 e. The minimum Gasteiger partial charge on any atom is -0.497 e. The second-order valence-electron chi connectivity index (χ2n) is 16.9. The Bertz CT molecular complexity index is 2410. The zero-order valence-electron chi connectivity index (χ0n) is 35.0. The zero-order chi connectivity index (χ0) is 42.9. The monoisotopic (exact) mass is 836 g/mol. The van der Waals surface area contributed by atoms with Crippen molar-refractivity contribution < 1.29 is 33.8 Å². The average Bonchev–Trinajstić information content (AvgIpc) is 3.95. The summed E-state index contributed by atoms with van der Waals surface area (Å²) < 4.78 is 12.8. The van der Waals surface area contributed by atoms with Crippen molar-refractivity contribution in [1.29, 1.82) is 0 Å². The highest BCUT2D eigenvalue weighted by molar-refractivity contribution is 6.91. The van der Waals surface area contributed by atoms with Crippen molar-refractivity contribution >= 4 is 54.0 Å². The molecule has 8 rings (SSSR count). The van der Waals surface area contributed by atoms with Gasteiger partial charge < -0.3 is 35.0 Å². The minimum atomic E-state index is -2.58. The highest BCUT2D eigenvalue weighted by Gasteiger charge is 2.66. The number of fused-ring (bicyclic) bond motifs is 2. The van der Waals surface area contributed by atoms with Gasteiger partial charge in [0, 0.05) is 40.5 Å². The van der Waals surface area contributed by atoms with Crippen LogP contribution in [-0.4, -0.2) is 74.1 Å². The van der Waals surface area contributed by atoms with Gasteiger partial charge in [-0.1, -0.05) is 85.9 Å². The summed E-state index contributed by atoms with van der Waals surface area (Å²) in [7, 11) is -0.948. The minimum absolute atomic E-state index is 0.0586. The SMILES string of the molecule is COc1ccc([Si](C)(C)[C@H]2[C@H](CC(=O)N3CCC[C@H]3CO)O[C@@]3(C(=O)N(Cc4ccc(NC(=O)c5ccccc5)cc4)c4ccc(NC(=O)c5ccccc5)cc43)[C@@H]2C)cc1. The number of anilines is 3. The quantitative estimate of drug-likeness (QED) is 0.112. The van der Waals surface area contributed by atoms with Crippen molar-refractivity contribution in [2.75, 3.05) is 35.8 Å². The van der Waals surface area contributed by atoms with E-state index in [1.165, 1.54) is 0 Å². The Morgan fingerprint density at radius 3 is 2.05 bits per heavy atom. The Labute approximate surface area is 357 Å². The van der Waals surface area contributed by atoms with Crippen molar-refractivity contribution in [3.63, 3.8) is 0 Å². The zero-order valence-corrected chi connectivity index (χ0v) is 36.0. The van der Waals surface area contributed by atoms with E-state index in [2.05, 4.69) is 42.8 Å². The lowest BCUT2D eigenvalue weighted by molar-refractivity contribution is -0.150. The number of methoxy groups -OCH3 is 1. The molecule has 5 aromatic carbocycles. The first-order valence-corrected chi connectivity index (χ1v) is 24.0. The molecule has 3 aliphatic rings. The number of carbonyl (C=O) groups excluding carboxylic acids is 4. The van der Waals surface area contributed by atoms with Gasteiger partial charge in [-0.25, -0.2) is 0 Å². The fraction of sp³-hybridized carbons (Fsp3) is 0.306. The maximum atomic E-state index is 15.5. The first-order valence-electron chi connectivity index (χ1n) is 21.0. The van der Waals surface area contributed by atoms with Gasteiger partial charge in [-0.05, 0) is 90.7 Å². The fourth-order valence-corrected chi connectivity index (χ4v) is 13.9. The van der Waals surface area contributed by atoms with Crippen molar-refractivity contribution in [3.05, 3.63) is 150 Å². The van der Waals surface area contributed by atoms with Crippen molar-refractivity contribution in [1.82, 2.24) is 4.90 Å². The van der Waals surface area contributed by atoms with Gasteiger partial charge in [-0.3, -0.25) is 19.2 Å². The van der Waals surface area contributed by atoms with Gasteiger partial charge in [-0.15, -0.1) is 0 Å². The highest BCUT2D eigenvalue weighted by Crippen LogP contribution is 2.60. The Balaban J connectivity index is 1.18. The van der Waals surface area contributed by atoms with E-state index in [1.54, 1.807) is 47.2 Å². The lowest BCUT2D eigenvalue weighted by Gasteiger charge is -2.37. The standard InChI is InChI=1S/C49H52N4O7Si/c1-32-45(61(3,4)40-24-22-39(59-2)23-25-40)43(29-44(55)52-27-11-16-38(52)31-54)60-49(32)41-28-37(51-47(57)35-14-9-6-10-15-35)21-26-42(41)53(48(49)58)30-33-17-19-36(20-18-33)50-46(56)34-12-7-5-8-13-34/h5-10,12-15,17-26,28,32,38,43,45,54H,11,16,27,29-31H2,1-4H3,(H,50,56)(H,51,57)/t32-,38+,43+,45-,49+/m1/s1. The number of amides is 4. The number of hydrogen-bond acceptors (Lipinski definition) is 7. The van der Waals surface area contributed by atoms with Crippen LogP contribution in [0, 0.1) is 5.92 Å². The van der Waals surface area contributed by atoms with Gasteiger partial charge in [-0.2, -0.15) is 0 Å². The van der Waals surface area contributed by atoms with Gasteiger partial charge in [0.15, 0.2) is 5.60 Å². The maximum absolute atomic E-state index is 15.5. The number of rotatable bonds is 12. The van der Waals surface area contributed by atoms with Crippen LogP contribution in [0.1, 0.15) is 58.0 Å². The normalized spacial score (nSPS) is 22.0. The van der Waals surface area contributed by atoms with E-state index in [1.807, 2.05) is 84.9 Å². The molecule has 314 valence electrons. The van der Waals surface area contributed by atoms with E-state index >= 15 is 4.79 Å². The number of carbonyl (C=O) groups is 4. The second-order valence-corrected chi connectivity index (χ2v) is 21.6. The molecule has 11 nitrogen and oxygen atoms in total. The van der Waals surface area contributed by atoms with Crippen LogP contribution in [0.5, 0.6) is 5.75 Å². The summed E-state index contributed by atoms with van der Waals surface area (Å²) in [5, 5.41) is 17.3. The number of benzene rings is 5. The Morgan fingerprint density at radius 1 is 0.836 bits per heavy atom. The average molecular weight is 837 g/mol. The molecule has 0 unspecified atom stereocenters. The van der Waals surface area contributed by atoms with Gasteiger partial charge in [0.05, 0.1) is 52.6 Å². The topological polar surface area (TPSA) is 138 Å². The largest absolute Gasteiger partial charge is 0.497 e. The summed E-state index contributed by atoms with van der Waals surface area (Å²) >= 11 is 0. The smallest absolute Gasteiger partial charge is 0.264 e. The number of nitrogens with zero attached hydrogens (tertiary/aromatic N) is 2. The van der Waals surface area contributed by atoms with Crippen LogP contribution in [-0.2, 0) is 26.5 Å². The summed E-state index contributed by atoms with van der Waals surface area (Å²) in [6.07, 6.45) is 0.987. The predicted octanol–water partition coefficient (Wildman–Crippen LogP) is 7.34. The molecule has 5 atom stereocenters. The van der Waals surface area contributed by atoms with Gasteiger partial charge in [0.1, 0.15) is 5.75 Å². The molecule has 0 aromatic heterocycles. The van der Waals surface area contributed by atoms with Gasteiger partial charge in [0.2, 0.25) is 5.91 Å². The van der Waals surface area contributed by atoms with Crippen LogP contribution < -0.4 is 25.5 Å². The predicted molar refractivity (Wildman–Crippen MR) is 239 cm³/mol. The molecule has 4 amide bonds. The molecule has 0 saturated carbocycles. The van der Waals surface area contributed by atoms with Gasteiger partial charge >= 0.3 is 0 Å². The van der Waals surface area contributed by atoms with E-state index in [9.17, 15) is 19.5 Å². The molecule has 3 N–H and O–H groups in total. The van der Waals surface area contributed by atoms with Crippen LogP contribution in [0.15, 0.2) is 127 Å². The summed E-state index contributed by atoms with van der Waals surface area (Å²) in [4.78, 5) is 59.7. The molecule has 0 bridgehead atoms. The third-order valence-corrected chi connectivity index (χ3v) is 17.4. The summed E-state index contributed by atoms with van der Waals surface area (Å²) in [6.45, 7) is 7.29. The van der Waals surface area contributed by atoms with E-state index in [-0.39, 0.29) is 54.8 Å². The number of aliphatic hydroxyl groups excluding tert-OH is 1. The molecule has 0 radical (unpaired) electrons. The van der Waals surface area contributed by atoms with Crippen molar-refractivity contribution in [2.24, 2.45) is 5.92 Å². The third-order valence-electron chi connectivity index (χ3n) is 13.0. The number of ether oxygens (including phenoxy) is 2. The molecule has 1 spiro atoms. The van der Waals surface area contributed by atoms with E-state index in [0.29, 0.717) is 40.3 Å². The number of likely N-dealkylation sites (tertiary alicyclic amines) is 1. The lowest BCUT2D eigenvalue weighted by Crippen LogP contribution is -2.52. The summed E-state index contributed by atoms with van der Waals surface area (Å²) in [5.41, 5.74) is 2.62. The molecular formula is C49H52N4O7Si. The number of nitrogens with one attached hydrogen (secondary N) is 2.